The summed E-state index contributed by atoms with van der Waals surface area (Å²) in [7, 11) is 0. The fraction of sp³-hybridized carbons (Fsp3) is 0.125. The number of phenolic OH excluding ortho intramolecular Hbond substituents is 1. The number of ketones is 1. The van der Waals surface area contributed by atoms with Crippen molar-refractivity contribution >= 4 is 17.7 Å². The van der Waals surface area contributed by atoms with E-state index in [1.54, 1.807) is 36.4 Å². The minimum atomic E-state index is -0.221. The van der Waals surface area contributed by atoms with Crippen LogP contribution in [0.5, 0.6) is 11.5 Å². The van der Waals surface area contributed by atoms with Crippen molar-refractivity contribution in [1.82, 2.24) is 0 Å². The number of carbonyl (C=O) groups excluding carboxylic acids is 1. The highest BCUT2D eigenvalue weighted by Crippen LogP contribution is 2.22. The Balaban J connectivity index is 1.88. The van der Waals surface area contributed by atoms with Crippen LogP contribution in [0, 0.1) is 0 Å². The van der Waals surface area contributed by atoms with E-state index in [0.29, 0.717) is 29.0 Å². The quantitative estimate of drug-likeness (QED) is 0.340. The fourth-order valence-electron chi connectivity index (χ4n) is 2.65. The first kappa shape index (κ1) is 20.0. The molecule has 3 rings (SSSR count). The molecule has 0 atom stereocenters. The Labute approximate surface area is 170 Å². The molecule has 3 aromatic rings. The van der Waals surface area contributed by atoms with Gasteiger partial charge in [0, 0.05) is 22.8 Å². The molecule has 0 bridgehead atoms. The van der Waals surface area contributed by atoms with Crippen molar-refractivity contribution in [2.75, 3.05) is 6.61 Å². The number of Topliss-reactive ketones (excluding diaryl/α,β-unsaturated/α-hetero) is 1. The van der Waals surface area contributed by atoms with Gasteiger partial charge in [0.2, 0.25) is 5.78 Å². The van der Waals surface area contributed by atoms with Crippen LogP contribution in [0.2, 0.25) is 0 Å². The van der Waals surface area contributed by atoms with Crippen LogP contribution in [0.3, 0.4) is 0 Å². The van der Waals surface area contributed by atoms with E-state index in [4.69, 9.17) is 4.74 Å². The van der Waals surface area contributed by atoms with E-state index in [0.717, 1.165) is 6.42 Å². The van der Waals surface area contributed by atoms with Gasteiger partial charge in [-0.3, -0.25) is 4.79 Å². The molecule has 0 radical (unpaired) electrons. The summed E-state index contributed by atoms with van der Waals surface area (Å²) in [5, 5.41) is 18.4. The highest BCUT2D eigenvalue weighted by atomic mass is 16.5. The molecule has 5 heteroatoms. The predicted octanol–water partition coefficient (Wildman–Crippen LogP) is 4.89. The normalized spacial score (nSPS) is 11.6. The smallest absolute Gasteiger partial charge is 0.213 e. The van der Waals surface area contributed by atoms with Crippen LogP contribution < -0.4 is 4.74 Å². The first-order valence-corrected chi connectivity index (χ1v) is 9.41. The number of hydrogen-bond donors (Lipinski definition) is 1. The largest absolute Gasteiger partial charge is 0.507 e. The van der Waals surface area contributed by atoms with Crippen LogP contribution in [0.25, 0.3) is 0 Å². The minimum absolute atomic E-state index is 0.0354. The first-order valence-electron chi connectivity index (χ1n) is 9.41. The lowest BCUT2D eigenvalue weighted by Gasteiger charge is -2.06. The lowest BCUT2D eigenvalue weighted by Crippen LogP contribution is -2.15. The zero-order valence-corrected chi connectivity index (χ0v) is 16.2. The van der Waals surface area contributed by atoms with Gasteiger partial charge in [0.1, 0.15) is 17.2 Å². The summed E-state index contributed by atoms with van der Waals surface area (Å²) in [6.07, 6.45) is 2.30. The number of phenols is 1. The standard InChI is InChI=1S/C24H22N2O3/c1-2-15-29-21-14-13-20(22(27)16-21)17-25-26-23(18-9-5-3-6-10-18)24(28)19-11-7-4-8-12-19/h3-14,16-17,27H,2,15H2,1H3/b25-17+,26-23-. The van der Waals surface area contributed by atoms with Gasteiger partial charge in [-0.15, -0.1) is 5.10 Å². The summed E-state index contributed by atoms with van der Waals surface area (Å²) < 4.78 is 5.50. The molecule has 0 amide bonds. The van der Waals surface area contributed by atoms with Crippen LogP contribution in [0.15, 0.2) is 89.1 Å². The van der Waals surface area contributed by atoms with E-state index in [-0.39, 0.29) is 17.2 Å². The molecule has 29 heavy (non-hydrogen) atoms. The summed E-state index contributed by atoms with van der Waals surface area (Å²) in [6.45, 7) is 2.60. The van der Waals surface area contributed by atoms with Gasteiger partial charge >= 0.3 is 0 Å². The molecule has 0 spiro atoms. The van der Waals surface area contributed by atoms with E-state index >= 15 is 0 Å². The SMILES string of the molecule is CCCOc1ccc(/C=N/N=C(\C(=O)c2ccccc2)c2ccccc2)c(O)c1. The van der Waals surface area contributed by atoms with E-state index in [2.05, 4.69) is 10.2 Å². The lowest BCUT2D eigenvalue weighted by atomic mass is 10.0. The fourth-order valence-corrected chi connectivity index (χ4v) is 2.65. The van der Waals surface area contributed by atoms with Crippen molar-refractivity contribution in [2.24, 2.45) is 10.2 Å². The van der Waals surface area contributed by atoms with Crippen LogP contribution >= 0.6 is 0 Å². The Hall–Kier alpha value is -3.73. The van der Waals surface area contributed by atoms with E-state index in [1.165, 1.54) is 12.3 Å². The second-order valence-electron chi connectivity index (χ2n) is 6.32. The molecular weight excluding hydrogens is 364 g/mol. The molecule has 0 aromatic heterocycles. The van der Waals surface area contributed by atoms with Crippen LogP contribution in [-0.2, 0) is 0 Å². The number of rotatable bonds is 8. The van der Waals surface area contributed by atoms with Crippen molar-refractivity contribution in [3.05, 3.63) is 95.6 Å². The van der Waals surface area contributed by atoms with Crippen LogP contribution in [0.4, 0.5) is 0 Å². The second-order valence-corrected chi connectivity index (χ2v) is 6.32. The Morgan fingerprint density at radius 1 is 0.966 bits per heavy atom. The summed E-state index contributed by atoms with van der Waals surface area (Å²) in [6, 6.07) is 23.1. The molecule has 0 heterocycles. The molecule has 0 fully saturated rings. The third-order valence-electron chi connectivity index (χ3n) is 4.13. The van der Waals surface area contributed by atoms with Gasteiger partial charge in [-0.05, 0) is 18.6 Å². The highest BCUT2D eigenvalue weighted by Gasteiger charge is 2.16. The van der Waals surface area contributed by atoms with Gasteiger partial charge in [-0.2, -0.15) is 5.10 Å². The van der Waals surface area contributed by atoms with E-state index in [1.807, 2.05) is 43.3 Å². The highest BCUT2D eigenvalue weighted by molar-refractivity contribution is 6.51. The topological polar surface area (TPSA) is 71.2 Å². The Bertz CT molecular complexity index is 1010. The van der Waals surface area contributed by atoms with Gasteiger partial charge in [-0.1, -0.05) is 67.6 Å². The molecule has 0 aliphatic carbocycles. The van der Waals surface area contributed by atoms with Crippen LogP contribution in [-0.4, -0.2) is 29.4 Å². The average Bonchev–Trinajstić information content (AvgIpc) is 2.77. The van der Waals surface area contributed by atoms with Gasteiger partial charge in [-0.25, -0.2) is 0 Å². The van der Waals surface area contributed by atoms with E-state index in [9.17, 15) is 9.90 Å². The number of carbonyl (C=O) groups is 1. The first-order chi connectivity index (χ1) is 14.2. The number of ether oxygens (including phenoxy) is 1. The zero-order valence-electron chi connectivity index (χ0n) is 16.2. The maximum Gasteiger partial charge on any atom is 0.213 e. The van der Waals surface area contributed by atoms with Gasteiger partial charge in [0.05, 0.1) is 12.8 Å². The van der Waals surface area contributed by atoms with Gasteiger partial charge < -0.3 is 9.84 Å². The maximum absolute atomic E-state index is 12.9. The number of benzene rings is 3. The molecule has 5 nitrogen and oxygen atoms in total. The number of hydrogen-bond acceptors (Lipinski definition) is 5. The molecule has 146 valence electrons. The molecule has 0 saturated heterocycles. The van der Waals surface area contributed by atoms with Crippen molar-refractivity contribution in [3.63, 3.8) is 0 Å². The lowest BCUT2D eigenvalue weighted by molar-refractivity contribution is 0.106. The Morgan fingerprint density at radius 3 is 2.24 bits per heavy atom. The summed E-state index contributed by atoms with van der Waals surface area (Å²) >= 11 is 0. The molecule has 1 N–H and O–H groups in total. The molecule has 0 saturated carbocycles. The third kappa shape index (κ3) is 5.39. The number of aromatic hydroxyl groups is 1. The maximum atomic E-state index is 12.9. The molecule has 0 unspecified atom stereocenters. The molecule has 0 aliphatic heterocycles. The molecule has 3 aromatic carbocycles. The predicted molar refractivity (Wildman–Crippen MR) is 115 cm³/mol. The third-order valence-corrected chi connectivity index (χ3v) is 4.13. The van der Waals surface area contributed by atoms with Gasteiger partial charge in [0.15, 0.2) is 0 Å². The molecule has 0 aliphatic rings. The van der Waals surface area contributed by atoms with Crippen molar-refractivity contribution in [2.45, 2.75) is 13.3 Å². The monoisotopic (exact) mass is 386 g/mol. The van der Waals surface area contributed by atoms with Crippen molar-refractivity contribution < 1.29 is 14.6 Å². The Morgan fingerprint density at radius 2 is 1.62 bits per heavy atom. The Kier molecular flexibility index (Phi) is 6.90. The number of nitrogens with zero attached hydrogens (tertiary/aromatic N) is 2. The summed E-state index contributed by atoms with van der Waals surface area (Å²) in [4.78, 5) is 12.9. The van der Waals surface area contributed by atoms with Crippen molar-refractivity contribution in [3.8, 4) is 11.5 Å². The zero-order chi connectivity index (χ0) is 20.5. The molecular formula is C24H22N2O3. The summed E-state index contributed by atoms with van der Waals surface area (Å²) in [5.41, 5.74) is 1.92. The van der Waals surface area contributed by atoms with Crippen molar-refractivity contribution in [1.29, 1.82) is 0 Å². The summed E-state index contributed by atoms with van der Waals surface area (Å²) in [5.74, 6) is 0.406. The second kappa shape index (κ2) is 9.99. The van der Waals surface area contributed by atoms with Crippen LogP contribution in [0.1, 0.15) is 34.8 Å². The van der Waals surface area contributed by atoms with Gasteiger partial charge in [0.25, 0.3) is 0 Å². The van der Waals surface area contributed by atoms with E-state index < -0.39 is 0 Å². The minimum Gasteiger partial charge on any atom is -0.507 e. The average molecular weight is 386 g/mol.